The first-order valence-corrected chi connectivity index (χ1v) is 10.00. The molecule has 0 saturated carbocycles. The van der Waals surface area contributed by atoms with Crippen LogP contribution in [0.25, 0.3) is 11.3 Å². The van der Waals surface area contributed by atoms with Gasteiger partial charge in [-0.1, -0.05) is 0 Å². The summed E-state index contributed by atoms with van der Waals surface area (Å²) in [6.07, 6.45) is -0.0497. The van der Waals surface area contributed by atoms with Crippen molar-refractivity contribution in [2.75, 3.05) is 26.1 Å². The highest BCUT2D eigenvalue weighted by Gasteiger charge is 2.15. The number of carbonyl (C=O) groups is 2. The fourth-order valence-electron chi connectivity index (χ4n) is 2.71. The van der Waals surface area contributed by atoms with Crippen molar-refractivity contribution in [2.45, 2.75) is 6.42 Å². The summed E-state index contributed by atoms with van der Waals surface area (Å²) in [5.41, 5.74) is 1.03. The first kappa shape index (κ1) is 22.2. The molecule has 3 aromatic rings. The number of nitrogens with zero attached hydrogens (tertiary/aromatic N) is 1. The molecule has 3 rings (SSSR count). The number of rotatable bonds is 8. The molecule has 31 heavy (non-hydrogen) atoms. The molecule has 0 fully saturated rings. The van der Waals surface area contributed by atoms with Crippen molar-refractivity contribution in [3.05, 3.63) is 59.0 Å². The van der Waals surface area contributed by atoms with Gasteiger partial charge in [0.05, 0.1) is 25.5 Å². The molecule has 0 aliphatic rings. The quantitative estimate of drug-likeness (QED) is 0.547. The number of thiazole rings is 1. The van der Waals surface area contributed by atoms with Crippen LogP contribution in [0.3, 0.4) is 0 Å². The van der Waals surface area contributed by atoms with Gasteiger partial charge in [-0.15, -0.1) is 11.3 Å². The van der Waals surface area contributed by atoms with Crippen LogP contribution in [0.4, 0.5) is 13.9 Å². The first-order valence-electron chi connectivity index (χ1n) is 9.12. The Balaban J connectivity index is 1.56. The molecule has 0 aliphatic heterocycles. The summed E-state index contributed by atoms with van der Waals surface area (Å²) < 4.78 is 37.1. The fourth-order valence-corrected chi connectivity index (χ4v) is 3.44. The lowest BCUT2D eigenvalue weighted by atomic mass is 10.1. The number of hydrogen-bond acceptors (Lipinski definition) is 6. The highest BCUT2D eigenvalue weighted by molar-refractivity contribution is 7.14. The van der Waals surface area contributed by atoms with Gasteiger partial charge in [0.2, 0.25) is 5.91 Å². The summed E-state index contributed by atoms with van der Waals surface area (Å²) in [5.74, 6) is -1.60. The van der Waals surface area contributed by atoms with Gasteiger partial charge in [-0.2, -0.15) is 0 Å². The topological polar surface area (TPSA) is 89.5 Å². The number of benzene rings is 2. The average Bonchev–Trinajstić information content (AvgIpc) is 3.21. The fraction of sp³-hybridized carbons (Fsp3) is 0.190. The van der Waals surface area contributed by atoms with E-state index in [9.17, 15) is 18.4 Å². The molecule has 2 aromatic carbocycles. The minimum Gasteiger partial charge on any atom is -0.497 e. The van der Waals surface area contributed by atoms with Crippen molar-refractivity contribution in [3.8, 4) is 22.8 Å². The Morgan fingerprint density at radius 2 is 1.90 bits per heavy atom. The zero-order valence-electron chi connectivity index (χ0n) is 16.7. The zero-order valence-corrected chi connectivity index (χ0v) is 17.5. The van der Waals surface area contributed by atoms with Gasteiger partial charge in [-0.25, -0.2) is 13.8 Å². The highest BCUT2D eigenvalue weighted by atomic mass is 32.1. The van der Waals surface area contributed by atoms with Crippen LogP contribution in [0.1, 0.15) is 16.8 Å². The SMILES string of the molecule is COc1ccc(OC)c(-c2csc(NC(=O)CCNC(=O)c3ccc(F)cc3F)n2)c1. The number of nitrogens with one attached hydrogen (secondary N) is 2. The number of aromatic nitrogens is 1. The molecule has 0 aliphatic carbocycles. The molecule has 2 N–H and O–H groups in total. The lowest BCUT2D eigenvalue weighted by Gasteiger charge is -2.08. The minimum atomic E-state index is -0.967. The van der Waals surface area contributed by atoms with E-state index in [1.165, 1.54) is 11.3 Å². The van der Waals surface area contributed by atoms with Crippen molar-refractivity contribution in [3.63, 3.8) is 0 Å². The number of methoxy groups -OCH3 is 2. The standard InChI is InChI=1S/C21H19F2N3O4S/c1-29-13-4-6-18(30-2)15(10-13)17-11-31-21(25-17)26-19(27)7-8-24-20(28)14-5-3-12(22)9-16(14)23/h3-6,9-11H,7-8H2,1-2H3,(H,24,28)(H,25,26,27). The van der Waals surface area contributed by atoms with Gasteiger partial charge in [0.15, 0.2) is 5.13 Å². The predicted molar refractivity (Wildman–Crippen MR) is 113 cm³/mol. The van der Waals surface area contributed by atoms with Crippen molar-refractivity contribution < 1.29 is 27.8 Å². The summed E-state index contributed by atoms with van der Waals surface area (Å²) in [5, 5.41) is 7.22. The van der Waals surface area contributed by atoms with E-state index in [-0.39, 0.29) is 24.4 Å². The van der Waals surface area contributed by atoms with E-state index in [0.29, 0.717) is 34.0 Å². The minimum absolute atomic E-state index is 0.0244. The van der Waals surface area contributed by atoms with Gasteiger partial charge >= 0.3 is 0 Å². The van der Waals surface area contributed by atoms with E-state index in [1.807, 2.05) is 0 Å². The molecule has 162 valence electrons. The summed E-state index contributed by atoms with van der Waals surface area (Å²) in [6.45, 7) is -0.0244. The summed E-state index contributed by atoms with van der Waals surface area (Å²) >= 11 is 1.23. The normalized spacial score (nSPS) is 10.5. The van der Waals surface area contributed by atoms with Gasteiger partial charge in [0.25, 0.3) is 5.91 Å². The van der Waals surface area contributed by atoms with E-state index in [4.69, 9.17) is 9.47 Å². The molecular weight excluding hydrogens is 428 g/mol. The number of halogens is 2. The Morgan fingerprint density at radius 1 is 1.10 bits per heavy atom. The Labute approximate surface area is 181 Å². The average molecular weight is 447 g/mol. The largest absolute Gasteiger partial charge is 0.497 e. The van der Waals surface area contributed by atoms with Crippen molar-refractivity contribution in [2.24, 2.45) is 0 Å². The molecule has 0 bridgehead atoms. The predicted octanol–water partition coefficient (Wildman–Crippen LogP) is 3.86. The van der Waals surface area contributed by atoms with Crippen LogP contribution < -0.4 is 20.1 Å². The van der Waals surface area contributed by atoms with Crippen molar-refractivity contribution in [1.29, 1.82) is 0 Å². The number of amides is 2. The lowest BCUT2D eigenvalue weighted by molar-refractivity contribution is -0.116. The zero-order chi connectivity index (χ0) is 22.4. The second-order valence-corrected chi connectivity index (χ2v) is 7.14. The van der Waals surface area contributed by atoms with Gasteiger partial charge < -0.3 is 20.1 Å². The monoisotopic (exact) mass is 447 g/mol. The van der Waals surface area contributed by atoms with Crippen molar-refractivity contribution >= 4 is 28.3 Å². The third-order valence-corrected chi connectivity index (χ3v) is 5.00. The summed E-state index contributed by atoms with van der Waals surface area (Å²) in [7, 11) is 3.11. The molecule has 10 heteroatoms. The van der Waals surface area contributed by atoms with Crippen LogP contribution in [-0.2, 0) is 4.79 Å². The van der Waals surface area contributed by atoms with Crippen LogP contribution >= 0.6 is 11.3 Å². The van der Waals surface area contributed by atoms with Crippen LogP contribution in [0.15, 0.2) is 41.8 Å². The Hall–Kier alpha value is -3.53. The van der Waals surface area contributed by atoms with E-state index in [2.05, 4.69) is 15.6 Å². The molecular formula is C21H19F2N3O4S. The van der Waals surface area contributed by atoms with E-state index >= 15 is 0 Å². The van der Waals surface area contributed by atoms with Gasteiger partial charge in [-0.05, 0) is 30.3 Å². The van der Waals surface area contributed by atoms with E-state index in [1.54, 1.807) is 37.8 Å². The maximum absolute atomic E-state index is 13.6. The molecule has 7 nitrogen and oxygen atoms in total. The molecule has 0 unspecified atom stereocenters. The second kappa shape index (κ2) is 9.98. The maximum Gasteiger partial charge on any atom is 0.254 e. The molecule has 0 spiro atoms. The summed E-state index contributed by atoms with van der Waals surface area (Å²) in [6, 6.07) is 7.97. The van der Waals surface area contributed by atoms with E-state index < -0.39 is 17.5 Å². The Bertz CT molecular complexity index is 1100. The van der Waals surface area contributed by atoms with E-state index in [0.717, 1.165) is 12.1 Å². The van der Waals surface area contributed by atoms with Crippen LogP contribution in [0.2, 0.25) is 0 Å². The molecule has 0 atom stereocenters. The Kier molecular flexibility index (Phi) is 7.14. The van der Waals surface area contributed by atoms with Gasteiger partial charge in [-0.3, -0.25) is 9.59 Å². The molecule has 0 saturated heterocycles. The number of carbonyl (C=O) groups excluding carboxylic acids is 2. The number of anilines is 1. The maximum atomic E-state index is 13.6. The number of hydrogen-bond donors (Lipinski definition) is 2. The van der Waals surface area contributed by atoms with Crippen LogP contribution in [-0.4, -0.2) is 37.6 Å². The van der Waals surface area contributed by atoms with Crippen LogP contribution in [0, 0.1) is 11.6 Å². The summed E-state index contributed by atoms with van der Waals surface area (Å²) in [4.78, 5) is 28.5. The number of ether oxygens (including phenoxy) is 2. The smallest absolute Gasteiger partial charge is 0.254 e. The first-order chi connectivity index (χ1) is 14.9. The molecule has 1 aromatic heterocycles. The van der Waals surface area contributed by atoms with Gasteiger partial charge in [0.1, 0.15) is 23.1 Å². The molecule has 0 radical (unpaired) electrons. The highest BCUT2D eigenvalue weighted by Crippen LogP contribution is 2.35. The molecule has 2 amide bonds. The second-order valence-electron chi connectivity index (χ2n) is 6.28. The molecule has 1 heterocycles. The lowest BCUT2D eigenvalue weighted by Crippen LogP contribution is -2.28. The van der Waals surface area contributed by atoms with Crippen LogP contribution in [0.5, 0.6) is 11.5 Å². The van der Waals surface area contributed by atoms with Gasteiger partial charge in [0, 0.05) is 30.0 Å². The third kappa shape index (κ3) is 5.54. The Morgan fingerprint density at radius 3 is 2.61 bits per heavy atom. The third-order valence-electron chi connectivity index (χ3n) is 4.25. The van der Waals surface area contributed by atoms with Crippen molar-refractivity contribution in [1.82, 2.24) is 10.3 Å².